The van der Waals surface area contributed by atoms with Crippen molar-refractivity contribution in [1.82, 2.24) is 15.5 Å². The summed E-state index contributed by atoms with van der Waals surface area (Å²) >= 11 is 1.31. The quantitative estimate of drug-likeness (QED) is 0.806. The first-order valence-corrected chi connectivity index (χ1v) is 7.74. The lowest BCUT2D eigenvalue weighted by molar-refractivity contribution is 0.0938. The smallest absolute Gasteiger partial charge is 0.282 e. The molecule has 1 aliphatic carbocycles. The normalized spacial score (nSPS) is 16.4. The van der Waals surface area contributed by atoms with Crippen molar-refractivity contribution in [3.8, 4) is 0 Å². The molecule has 1 aliphatic rings. The maximum absolute atomic E-state index is 12.0. The first kappa shape index (κ1) is 14.2. The summed E-state index contributed by atoms with van der Waals surface area (Å²) < 4.78 is 0. The SMILES string of the molecule is CCCNc1nnc(C(=O)NCC2(C(C)C)CC2)s1. The van der Waals surface area contributed by atoms with Crippen LogP contribution in [0.1, 0.15) is 49.8 Å². The molecule has 1 heterocycles. The van der Waals surface area contributed by atoms with E-state index >= 15 is 0 Å². The Morgan fingerprint density at radius 3 is 2.74 bits per heavy atom. The lowest BCUT2D eigenvalue weighted by atomic mass is 9.92. The van der Waals surface area contributed by atoms with E-state index in [1.165, 1.54) is 24.2 Å². The summed E-state index contributed by atoms with van der Waals surface area (Å²) in [4.78, 5) is 12.0. The maximum atomic E-state index is 12.0. The molecule has 0 unspecified atom stereocenters. The van der Waals surface area contributed by atoms with Gasteiger partial charge in [0.1, 0.15) is 0 Å². The Morgan fingerprint density at radius 1 is 1.42 bits per heavy atom. The van der Waals surface area contributed by atoms with Crippen molar-refractivity contribution in [2.75, 3.05) is 18.4 Å². The summed E-state index contributed by atoms with van der Waals surface area (Å²) in [6.07, 6.45) is 3.45. The molecule has 1 aromatic heterocycles. The van der Waals surface area contributed by atoms with Gasteiger partial charge < -0.3 is 10.6 Å². The fraction of sp³-hybridized carbons (Fsp3) is 0.769. The second-order valence-corrected chi connectivity index (χ2v) is 6.52. The molecule has 2 rings (SSSR count). The molecule has 0 spiro atoms. The molecule has 0 aromatic carbocycles. The summed E-state index contributed by atoms with van der Waals surface area (Å²) in [7, 11) is 0. The molecule has 0 aliphatic heterocycles. The molecule has 1 amide bonds. The molecule has 106 valence electrons. The number of nitrogens with zero attached hydrogens (tertiary/aromatic N) is 2. The fourth-order valence-corrected chi connectivity index (χ4v) is 2.75. The molecule has 5 nitrogen and oxygen atoms in total. The summed E-state index contributed by atoms with van der Waals surface area (Å²) in [6.45, 7) is 8.13. The van der Waals surface area contributed by atoms with Gasteiger partial charge in [0.2, 0.25) is 10.1 Å². The average molecular weight is 282 g/mol. The van der Waals surface area contributed by atoms with Crippen molar-refractivity contribution < 1.29 is 4.79 Å². The van der Waals surface area contributed by atoms with Crippen LogP contribution in [0, 0.1) is 11.3 Å². The Bertz CT molecular complexity index is 440. The van der Waals surface area contributed by atoms with E-state index in [0.717, 1.165) is 24.6 Å². The van der Waals surface area contributed by atoms with E-state index in [9.17, 15) is 4.79 Å². The Hall–Kier alpha value is -1.17. The van der Waals surface area contributed by atoms with Gasteiger partial charge in [-0.2, -0.15) is 0 Å². The van der Waals surface area contributed by atoms with Crippen molar-refractivity contribution in [2.24, 2.45) is 11.3 Å². The Kier molecular flexibility index (Phi) is 4.39. The molecule has 0 saturated heterocycles. The number of rotatable bonds is 7. The van der Waals surface area contributed by atoms with Gasteiger partial charge in [-0.25, -0.2) is 0 Å². The molecular weight excluding hydrogens is 260 g/mol. The minimum absolute atomic E-state index is 0.103. The number of anilines is 1. The van der Waals surface area contributed by atoms with Gasteiger partial charge in [-0.15, -0.1) is 10.2 Å². The van der Waals surface area contributed by atoms with E-state index in [-0.39, 0.29) is 5.91 Å². The zero-order valence-corrected chi connectivity index (χ0v) is 12.6. The van der Waals surface area contributed by atoms with Crippen LogP contribution in [0.5, 0.6) is 0 Å². The van der Waals surface area contributed by atoms with Gasteiger partial charge in [0, 0.05) is 13.1 Å². The highest BCUT2D eigenvalue weighted by atomic mass is 32.1. The minimum Gasteiger partial charge on any atom is -0.360 e. The first-order chi connectivity index (χ1) is 9.07. The maximum Gasteiger partial charge on any atom is 0.282 e. The summed E-state index contributed by atoms with van der Waals surface area (Å²) in [5.74, 6) is 0.512. The van der Waals surface area contributed by atoms with E-state index in [0.29, 0.717) is 16.3 Å². The molecular formula is C13H22N4OS. The third-order valence-corrected chi connectivity index (χ3v) is 4.74. The number of aromatic nitrogens is 2. The molecule has 0 atom stereocenters. The van der Waals surface area contributed by atoms with Crippen LogP contribution in [0.25, 0.3) is 0 Å². The van der Waals surface area contributed by atoms with E-state index in [1.807, 2.05) is 0 Å². The van der Waals surface area contributed by atoms with Crippen molar-refractivity contribution >= 4 is 22.4 Å². The molecule has 1 fully saturated rings. The second-order valence-electron chi connectivity index (χ2n) is 5.54. The molecule has 19 heavy (non-hydrogen) atoms. The van der Waals surface area contributed by atoms with Crippen LogP contribution in [0.3, 0.4) is 0 Å². The third kappa shape index (κ3) is 3.43. The van der Waals surface area contributed by atoms with Crippen LogP contribution in [0.4, 0.5) is 5.13 Å². The molecule has 2 N–H and O–H groups in total. The first-order valence-electron chi connectivity index (χ1n) is 6.93. The molecule has 1 saturated carbocycles. The van der Waals surface area contributed by atoms with E-state index in [1.54, 1.807) is 0 Å². The number of hydrogen-bond donors (Lipinski definition) is 2. The highest BCUT2D eigenvalue weighted by Gasteiger charge is 2.45. The van der Waals surface area contributed by atoms with Crippen molar-refractivity contribution in [1.29, 1.82) is 0 Å². The second kappa shape index (κ2) is 5.86. The number of carbonyl (C=O) groups excluding carboxylic acids is 1. The van der Waals surface area contributed by atoms with Crippen LogP contribution < -0.4 is 10.6 Å². The Labute approximate surface area is 118 Å². The lowest BCUT2D eigenvalue weighted by Crippen LogP contribution is -2.32. The highest BCUT2D eigenvalue weighted by Crippen LogP contribution is 2.51. The van der Waals surface area contributed by atoms with Crippen LogP contribution in [-0.2, 0) is 0 Å². The fourth-order valence-electron chi connectivity index (χ4n) is 2.07. The third-order valence-electron chi connectivity index (χ3n) is 3.86. The van der Waals surface area contributed by atoms with Gasteiger partial charge >= 0.3 is 0 Å². The molecule has 0 bridgehead atoms. The predicted octanol–water partition coefficient (Wildman–Crippen LogP) is 2.53. The van der Waals surface area contributed by atoms with Gasteiger partial charge in [-0.05, 0) is 30.6 Å². The standard InChI is InChI=1S/C13H22N4OS/c1-4-7-14-12-17-16-11(19-12)10(18)15-8-13(5-6-13)9(2)3/h9H,4-8H2,1-3H3,(H,14,17)(H,15,18). The van der Waals surface area contributed by atoms with E-state index in [4.69, 9.17) is 0 Å². The Balaban J connectivity index is 1.84. The van der Waals surface area contributed by atoms with Crippen LogP contribution in [-0.4, -0.2) is 29.2 Å². The zero-order chi connectivity index (χ0) is 13.9. The van der Waals surface area contributed by atoms with Crippen LogP contribution >= 0.6 is 11.3 Å². The monoisotopic (exact) mass is 282 g/mol. The van der Waals surface area contributed by atoms with Gasteiger partial charge in [0.05, 0.1) is 0 Å². The Morgan fingerprint density at radius 2 is 2.16 bits per heavy atom. The highest BCUT2D eigenvalue weighted by molar-refractivity contribution is 7.17. The molecule has 1 aromatic rings. The number of amides is 1. The summed E-state index contributed by atoms with van der Waals surface area (Å²) in [6, 6.07) is 0. The predicted molar refractivity (Wildman–Crippen MR) is 77.5 cm³/mol. The van der Waals surface area contributed by atoms with E-state index < -0.39 is 0 Å². The number of hydrogen-bond acceptors (Lipinski definition) is 5. The van der Waals surface area contributed by atoms with E-state index in [2.05, 4.69) is 41.6 Å². The van der Waals surface area contributed by atoms with Crippen molar-refractivity contribution in [2.45, 2.75) is 40.0 Å². The zero-order valence-electron chi connectivity index (χ0n) is 11.8. The minimum atomic E-state index is -0.103. The summed E-state index contributed by atoms with van der Waals surface area (Å²) in [5, 5.41) is 15.2. The van der Waals surface area contributed by atoms with Gasteiger partial charge in [-0.3, -0.25) is 4.79 Å². The van der Waals surface area contributed by atoms with Gasteiger partial charge in [-0.1, -0.05) is 32.1 Å². The summed E-state index contributed by atoms with van der Waals surface area (Å²) in [5.41, 5.74) is 0.323. The number of nitrogens with one attached hydrogen (secondary N) is 2. The van der Waals surface area contributed by atoms with Gasteiger partial charge in [0.25, 0.3) is 5.91 Å². The van der Waals surface area contributed by atoms with Crippen LogP contribution in [0.2, 0.25) is 0 Å². The molecule has 6 heteroatoms. The van der Waals surface area contributed by atoms with Crippen molar-refractivity contribution in [3.05, 3.63) is 5.01 Å². The largest absolute Gasteiger partial charge is 0.360 e. The topological polar surface area (TPSA) is 66.9 Å². The van der Waals surface area contributed by atoms with Gasteiger partial charge in [0.15, 0.2) is 0 Å². The average Bonchev–Trinajstić information content (AvgIpc) is 3.05. The van der Waals surface area contributed by atoms with Crippen molar-refractivity contribution in [3.63, 3.8) is 0 Å². The van der Waals surface area contributed by atoms with Crippen LogP contribution in [0.15, 0.2) is 0 Å². The lowest BCUT2D eigenvalue weighted by Gasteiger charge is -2.19. The number of carbonyl (C=O) groups is 1. The molecule has 0 radical (unpaired) electrons.